The third-order valence-corrected chi connectivity index (χ3v) is 4.30. The van der Waals surface area contributed by atoms with Crippen LogP contribution in [-0.2, 0) is 9.53 Å². The molecule has 0 atom stereocenters. The first kappa shape index (κ1) is 19.9. The molecule has 1 saturated heterocycles. The first-order valence-electron chi connectivity index (χ1n) is 8.15. The number of halogens is 4. The molecule has 1 aromatic carbocycles. The summed E-state index contributed by atoms with van der Waals surface area (Å²) in [4.78, 5) is 24.6. The SMILES string of the molecule is O=C(OC(=O)C(F)(F)F)c1[nH]nnc1OC1CCN(c2ccc(Cl)cc2)CC1. The molecule has 28 heavy (non-hydrogen) atoms. The Hall–Kier alpha value is -2.82. The molecule has 3 rings (SSSR count). The van der Waals surface area contributed by atoms with Crippen LogP contribution in [0.4, 0.5) is 18.9 Å². The van der Waals surface area contributed by atoms with Gasteiger partial charge in [0, 0.05) is 36.6 Å². The number of benzene rings is 1. The highest BCUT2D eigenvalue weighted by molar-refractivity contribution is 6.30. The van der Waals surface area contributed by atoms with E-state index in [0.29, 0.717) is 31.0 Å². The Bertz CT molecular complexity index is 848. The maximum absolute atomic E-state index is 12.2. The number of esters is 2. The van der Waals surface area contributed by atoms with E-state index in [1.165, 1.54) is 0 Å². The van der Waals surface area contributed by atoms with Crippen molar-refractivity contribution in [2.24, 2.45) is 0 Å². The lowest BCUT2D eigenvalue weighted by atomic mass is 10.1. The van der Waals surface area contributed by atoms with Crippen molar-refractivity contribution in [1.82, 2.24) is 15.4 Å². The first-order chi connectivity index (χ1) is 13.2. The van der Waals surface area contributed by atoms with Gasteiger partial charge in [-0.15, -0.1) is 0 Å². The van der Waals surface area contributed by atoms with E-state index in [1.807, 2.05) is 12.1 Å². The van der Waals surface area contributed by atoms with Gasteiger partial charge in [-0.25, -0.2) is 14.7 Å². The van der Waals surface area contributed by atoms with Crippen LogP contribution in [-0.4, -0.2) is 52.7 Å². The molecule has 1 aliphatic rings. The zero-order chi connectivity index (χ0) is 20.3. The second-order valence-electron chi connectivity index (χ2n) is 5.95. The minimum absolute atomic E-state index is 0.315. The standard InChI is InChI=1S/C16H14ClF3N4O4/c17-9-1-3-10(4-2-9)24-7-5-11(6-8-24)27-13-12(21-23-22-13)14(25)28-15(26)16(18,19)20/h1-4,11H,5-8H2,(H,21,22,23). The summed E-state index contributed by atoms with van der Waals surface area (Å²) in [7, 11) is 0. The zero-order valence-corrected chi connectivity index (χ0v) is 15.0. The van der Waals surface area contributed by atoms with Gasteiger partial charge in [-0.2, -0.15) is 13.2 Å². The Labute approximate surface area is 161 Å². The van der Waals surface area contributed by atoms with Gasteiger partial charge in [-0.1, -0.05) is 21.9 Å². The number of piperidine rings is 1. The number of anilines is 1. The number of ether oxygens (including phenoxy) is 2. The van der Waals surface area contributed by atoms with Crippen molar-refractivity contribution in [1.29, 1.82) is 0 Å². The molecule has 150 valence electrons. The quantitative estimate of drug-likeness (QED) is 0.602. The van der Waals surface area contributed by atoms with E-state index in [0.717, 1.165) is 5.69 Å². The van der Waals surface area contributed by atoms with Crippen LogP contribution in [0, 0.1) is 0 Å². The van der Waals surface area contributed by atoms with Gasteiger partial charge in [0.05, 0.1) is 0 Å². The van der Waals surface area contributed by atoms with Gasteiger partial charge in [0.2, 0.25) is 5.69 Å². The molecule has 8 nitrogen and oxygen atoms in total. The Morgan fingerprint density at radius 2 is 1.82 bits per heavy atom. The topological polar surface area (TPSA) is 97.4 Å². The van der Waals surface area contributed by atoms with Gasteiger partial charge in [0.25, 0.3) is 5.88 Å². The predicted octanol–water partition coefficient (Wildman–Crippen LogP) is 2.75. The van der Waals surface area contributed by atoms with E-state index in [1.54, 1.807) is 12.1 Å². The minimum atomic E-state index is -5.29. The van der Waals surface area contributed by atoms with E-state index >= 15 is 0 Å². The number of aromatic nitrogens is 3. The number of nitrogens with zero attached hydrogens (tertiary/aromatic N) is 3. The van der Waals surface area contributed by atoms with Gasteiger partial charge in [-0.05, 0) is 24.3 Å². The lowest BCUT2D eigenvalue weighted by Gasteiger charge is -2.33. The normalized spacial score (nSPS) is 15.4. The summed E-state index contributed by atoms with van der Waals surface area (Å²) in [6.45, 7) is 1.30. The fraction of sp³-hybridized carbons (Fsp3) is 0.375. The molecule has 0 amide bonds. The van der Waals surface area contributed by atoms with E-state index < -0.39 is 23.8 Å². The summed E-state index contributed by atoms with van der Waals surface area (Å²) >= 11 is 5.87. The van der Waals surface area contributed by atoms with Crippen LogP contribution >= 0.6 is 11.6 Å². The van der Waals surface area contributed by atoms with Crippen LogP contribution < -0.4 is 9.64 Å². The van der Waals surface area contributed by atoms with Gasteiger partial charge < -0.3 is 14.4 Å². The summed E-state index contributed by atoms with van der Waals surface area (Å²) in [5, 5.41) is 9.60. The average molecular weight is 419 g/mol. The number of aromatic amines is 1. The van der Waals surface area contributed by atoms with Crippen molar-refractivity contribution in [2.75, 3.05) is 18.0 Å². The van der Waals surface area contributed by atoms with Gasteiger partial charge in [-0.3, -0.25) is 0 Å². The molecule has 1 N–H and O–H groups in total. The van der Waals surface area contributed by atoms with Crippen LogP contribution in [0.2, 0.25) is 5.02 Å². The van der Waals surface area contributed by atoms with Gasteiger partial charge in [0.15, 0.2) is 0 Å². The maximum Gasteiger partial charge on any atom is 0.491 e. The molecule has 0 radical (unpaired) electrons. The smallest absolute Gasteiger partial charge is 0.471 e. The second kappa shape index (κ2) is 8.05. The second-order valence-corrected chi connectivity index (χ2v) is 6.38. The molecule has 0 aliphatic carbocycles. The van der Waals surface area contributed by atoms with Crippen molar-refractivity contribution in [3.05, 3.63) is 35.0 Å². The lowest BCUT2D eigenvalue weighted by molar-refractivity contribution is -0.193. The van der Waals surface area contributed by atoms with E-state index in [-0.39, 0.29) is 12.0 Å². The molecule has 0 unspecified atom stereocenters. The molecule has 12 heteroatoms. The van der Waals surface area contributed by atoms with Crippen molar-refractivity contribution in [2.45, 2.75) is 25.1 Å². The number of H-pyrrole nitrogens is 1. The van der Waals surface area contributed by atoms with Crippen molar-refractivity contribution < 1.29 is 32.2 Å². The van der Waals surface area contributed by atoms with Crippen molar-refractivity contribution in [3.8, 4) is 5.88 Å². The maximum atomic E-state index is 12.2. The number of nitrogens with one attached hydrogen (secondary N) is 1. The predicted molar refractivity (Wildman–Crippen MR) is 90.2 cm³/mol. The fourth-order valence-corrected chi connectivity index (χ4v) is 2.79. The van der Waals surface area contributed by atoms with Crippen molar-refractivity contribution >= 4 is 29.2 Å². The molecule has 1 fully saturated rings. The summed E-state index contributed by atoms with van der Waals surface area (Å²) in [5.74, 6) is -4.51. The molecule has 0 saturated carbocycles. The molecule has 2 heterocycles. The lowest BCUT2D eigenvalue weighted by Crippen LogP contribution is -2.38. The van der Waals surface area contributed by atoms with E-state index in [9.17, 15) is 22.8 Å². The van der Waals surface area contributed by atoms with Gasteiger partial charge >= 0.3 is 18.1 Å². The Morgan fingerprint density at radius 3 is 2.43 bits per heavy atom. The molecular weight excluding hydrogens is 405 g/mol. The Morgan fingerprint density at radius 1 is 1.18 bits per heavy atom. The van der Waals surface area contributed by atoms with Gasteiger partial charge in [0.1, 0.15) is 6.10 Å². The number of hydrogen-bond donors (Lipinski definition) is 1. The van der Waals surface area contributed by atoms with Crippen molar-refractivity contribution in [3.63, 3.8) is 0 Å². The zero-order valence-electron chi connectivity index (χ0n) is 14.2. The molecule has 1 aliphatic heterocycles. The summed E-state index contributed by atoms with van der Waals surface area (Å²) in [6, 6.07) is 7.36. The Balaban J connectivity index is 1.57. The third kappa shape index (κ3) is 4.71. The third-order valence-electron chi connectivity index (χ3n) is 4.05. The van der Waals surface area contributed by atoms with E-state index in [4.69, 9.17) is 16.3 Å². The fourth-order valence-electron chi connectivity index (χ4n) is 2.67. The first-order valence-corrected chi connectivity index (χ1v) is 8.53. The summed E-state index contributed by atoms with van der Waals surface area (Å²) in [6.07, 6.45) is -4.48. The molecule has 0 spiro atoms. The summed E-state index contributed by atoms with van der Waals surface area (Å²) < 4.78 is 46.0. The van der Waals surface area contributed by atoms with Crippen LogP contribution in [0.1, 0.15) is 23.3 Å². The van der Waals surface area contributed by atoms with E-state index in [2.05, 4.69) is 25.0 Å². The number of rotatable bonds is 4. The summed E-state index contributed by atoms with van der Waals surface area (Å²) in [5.41, 5.74) is 0.442. The highest BCUT2D eigenvalue weighted by Crippen LogP contribution is 2.25. The number of hydrogen-bond acceptors (Lipinski definition) is 7. The van der Waals surface area contributed by atoms with Crippen LogP contribution in [0.3, 0.4) is 0 Å². The molecule has 1 aromatic heterocycles. The molecule has 0 bridgehead atoms. The van der Waals surface area contributed by atoms with Crippen LogP contribution in [0.15, 0.2) is 24.3 Å². The average Bonchev–Trinajstić information content (AvgIpc) is 3.10. The van der Waals surface area contributed by atoms with Crippen LogP contribution in [0.25, 0.3) is 0 Å². The number of alkyl halides is 3. The van der Waals surface area contributed by atoms with Crippen LogP contribution in [0.5, 0.6) is 5.88 Å². The monoisotopic (exact) mass is 418 g/mol. The number of carbonyl (C=O) groups excluding carboxylic acids is 2. The highest BCUT2D eigenvalue weighted by atomic mass is 35.5. The largest absolute Gasteiger partial charge is 0.491 e. The number of carbonyl (C=O) groups is 2. The minimum Gasteiger partial charge on any atom is -0.471 e. The Kier molecular flexibility index (Phi) is 5.73. The highest BCUT2D eigenvalue weighted by Gasteiger charge is 2.43. The molecular formula is C16H14ClF3N4O4. The molecule has 2 aromatic rings.